The molecule has 0 aromatic carbocycles. The van der Waals surface area contributed by atoms with Gasteiger partial charge in [0.1, 0.15) is 5.78 Å². The number of ketones is 1. The van der Waals surface area contributed by atoms with Crippen molar-refractivity contribution in [3.05, 3.63) is 0 Å². The van der Waals surface area contributed by atoms with E-state index in [1.165, 1.54) is 25.3 Å². The molecule has 1 nitrogen and oxygen atoms in total. The summed E-state index contributed by atoms with van der Waals surface area (Å²) in [7, 11) is -0.943. The monoisotopic (exact) mass is 196 g/mol. The number of rotatable bonds is 2. The van der Waals surface area contributed by atoms with Gasteiger partial charge in [-0.3, -0.25) is 4.79 Å². The van der Waals surface area contributed by atoms with Crippen LogP contribution in [0, 0.1) is 11.3 Å². The number of hydrogen-bond donors (Lipinski definition) is 0. The van der Waals surface area contributed by atoms with Crippen LogP contribution in [0.2, 0.25) is 25.7 Å². The summed E-state index contributed by atoms with van der Waals surface area (Å²) in [6, 6.07) is 1.37. The van der Waals surface area contributed by atoms with Crippen LogP contribution in [-0.2, 0) is 4.79 Å². The van der Waals surface area contributed by atoms with Crippen molar-refractivity contribution in [2.45, 2.75) is 51.4 Å². The normalized spacial score (nSPS) is 31.3. The lowest BCUT2D eigenvalue weighted by molar-refractivity contribution is -0.154. The molecule has 0 aromatic rings. The van der Waals surface area contributed by atoms with Crippen molar-refractivity contribution < 1.29 is 4.79 Å². The maximum absolute atomic E-state index is 11.5. The van der Waals surface area contributed by atoms with Crippen molar-refractivity contribution in [2.75, 3.05) is 0 Å². The predicted octanol–water partition coefficient (Wildman–Crippen LogP) is 3.08. The summed E-state index contributed by atoms with van der Waals surface area (Å²) < 4.78 is 0. The number of Topliss-reactive ketones (excluding diaryl/α,β-unsaturated/α-hetero) is 1. The van der Waals surface area contributed by atoms with E-state index in [9.17, 15) is 4.79 Å². The minimum atomic E-state index is -0.943. The zero-order chi connectivity index (χ0) is 9.69. The molecule has 2 aliphatic rings. The summed E-state index contributed by atoms with van der Waals surface area (Å²) in [5.74, 6) is 1.36. The fraction of sp³-hybridized carbons (Fsp3) is 0.909. The lowest BCUT2D eigenvalue weighted by Crippen LogP contribution is -2.55. The lowest BCUT2D eigenvalue weighted by atomic mass is 9.49. The molecule has 0 saturated heterocycles. The standard InChI is InChI=1S/C11H20OSi/c1-13(2,3)8-9-7-10(12)11(9)5-4-6-11/h9H,4-8H2,1-3H3. The quantitative estimate of drug-likeness (QED) is 0.620. The second-order valence-electron chi connectivity index (χ2n) is 6.10. The summed E-state index contributed by atoms with van der Waals surface area (Å²) in [5.41, 5.74) is 0.223. The summed E-state index contributed by atoms with van der Waals surface area (Å²) in [5, 5.41) is 0. The Kier molecular flexibility index (Phi) is 1.95. The molecule has 1 unspecified atom stereocenters. The topological polar surface area (TPSA) is 17.1 Å². The molecule has 0 aliphatic heterocycles. The first-order chi connectivity index (χ1) is 5.94. The molecular weight excluding hydrogens is 176 g/mol. The summed E-state index contributed by atoms with van der Waals surface area (Å²) in [6.07, 6.45) is 4.63. The largest absolute Gasteiger partial charge is 0.299 e. The Labute approximate surface area is 81.9 Å². The molecule has 1 spiro atoms. The highest BCUT2D eigenvalue weighted by Gasteiger charge is 2.57. The number of hydrogen-bond acceptors (Lipinski definition) is 1. The van der Waals surface area contributed by atoms with Gasteiger partial charge in [-0.25, -0.2) is 0 Å². The molecule has 74 valence electrons. The zero-order valence-corrected chi connectivity index (χ0v) is 10.0. The Bertz CT molecular complexity index is 235. The van der Waals surface area contributed by atoms with Crippen LogP contribution in [0.15, 0.2) is 0 Å². The van der Waals surface area contributed by atoms with Gasteiger partial charge in [0.05, 0.1) is 0 Å². The van der Waals surface area contributed by atoms with E-state index in [1.807, 2.05) is 0 Å². The van der Waals surface area contributed by atoms with Crippen molar-refractivity contribution in [1.29, 1.82) is 0 Å². The van der Waals surface area contributed by atoms with Crippen LogP contribution >= 0.6 is 0 Å². The van der Waals surface area contributed by atoms with E-state index in [-0.39, 0.29) is 5.41 Å². The Hall–Kier alpha value is -0.113. The van der Waals surface area contributed by atoms with E-state index in [4.69, 9.17) is 0 Å². The third-order valence-corrected chi connectivity index (χ3v) is 5.59. The molecule has 2 heteroatoms. The summed E-state index contributed by atoms with van der Waals surface area (Å²) >= 11 is 0. The zero-order valence-electron chi connectivity index (χ0n) is 9.02. The molecule has 13 heavy (non-hydrogen) atoms. The highest BCUT2D eigenvalue weighted by atomic mass is 28.3. The predicted molar refractivity (Wildman–Crippen MR) is 57.6 cm³/mol. The molecule has 1 atom stereocenters. The third-order valence-electron chi connectivity index (χ3n) is 3.87. The van der Waals surface area contributed by atoms with Crippen LogP contribution in [0.1, 0.15) is 25.7 Å². The molecule has 2 aliphatic carbocycles. The van der Waals surface area contributed by atoms with Gasteiger partial charge in [-0.05, 0) is 18.8 Å². The van der Waals surface area contributed by atoms with Crippen LogP contribution in [0.5, 0.6) is 0 Å². The molecule has 0 amide bonds. The van der Waals surface area contributed by atoms with Crippen LogP contribution in [0.25, 0.3) is 0 Å². The van der Waals surface area contributed by atoms with Crippen LogP contribution in [0.3, 0.4) is 0 Å². The molecular formula is C11H20OSi. The van der Waals surface area contributed by atoms with Crippen molar-refractivity contribution >= 4 is 13.9 Å². The minimum Gasteiger partial charge on any atom is -0.299 e. The first-order valence-corrected chi connectivity index (χ1v) is 9.18. The molecule has 0 bridgehead atoms. The van der Waals surface area contributed by atoms with E-state index in [0.29, 0.717) is 5.78 Å². The third kappa shape index (κ3) is 1.39. The van der Waals surface area contributed by atoms with E-state index >= 15 is 0 Å². The van der Waals surface area contributed by atoms with E-state index in [0.717, 1.165) is 12.3 Å². The number of carbonyl (C=O) groups excluding carboxylic acids is 1. The molecule has 2 saturated carbocycles. The van der Waals surface area contributed by atoms with Gasteiger partial charge >= 0.3 is 0 Å². The smallest absolute Gasteiger partial charge is 0.139 e. The second kappa shape index (κ2) is 2.69. The van der Waals surface area contributed by atoms with Crippen LogP contribution in [-0.4, -0.2) is 13.9 Å². The van der Waals surface area contributed by atoms with Gasteiger partial charge in [-0.15, -0.1) is 0 Å². The SMILES string of the molecule is C[Si](C)(C)CC1CC(=O)C12CCC2. The van der Waals surface area contributed by atoms with Gasteiger partial charge in [-0.2, -0.15) is 0 Å². The number of carbonyl (C=O) groups is 1. The van der Waals surface area contributed by atoms with Gasteiger partial charge in [0.2, 0.25) is 0 Å². The fourth-order valence-electron chi connectivity index (χ4n) is 2.97. The van der Waals surface area contributed by atoms with Crippen LogP contribution < -0.4 is 0 Å². The average Bonchev–Trinajstić information content (AvgIpc) is 1.78. The van der Waals surface area contributed by atoms with Crippen molar-refractivity contribution in [1.82, 2.24) is 0 Å². The average molecular weight is 196 g/mol. The highest BCUT2D eigenvalue weighted by Crippen LogP contribution is 2.59. The Balaban J connectivity index is 1.99. The molecule has 0 aromatic heterocycles. The first-order valence-electron chi connectivity index (χ1n) is 5.47. The van der Waals surface area contributed by atoms with Gasteiger partial charge in [0.15, 0.2) is 0 Å². The second-order valence-corrected chi connectivity index (χ2v) is 11.6. The van der Waals surface area contributed by atoms with E-state index < -0.39 is 8.07 Å². The minimum absolute atomic E-state index is 0.223. The maximum atomic E-state index is 11.5. The van der Waals surface area contributed by atoms with Crippen molar-refractivity contribution in [3.8, 4) is 0 Å². The van der Waals surface area contributed by atoms with E-state index in [1.54, 1.807) is 0 Å². The van der Waals surface area contributed by atoms with Gasteiger partial charge in [0.25, 0.3) is 0 Å². The molecule has 0 radical (unpaired) electrons. The van der Waals surface area contributed by atoms with E-state index in [2.05, 4.69) is 19.6 Å². The lowest BCUT2D eigenvalue weighted by Gasteiger charge is -2.55. The van der Waals surface area contributed by atoms with Crippen molar-refractivity contribution in [3.63, 3.8) is 0 Å². The highest BCUT2D eigenvalue weighted by molar-refractivity contribution is 6.76. The Morgan fingerprint density at radius 1 is 1.38 bits per heavy atom. The van der Waals surface area contributed by atoms with Gasteiger partial charge < -0.3 is 0 Å². The molecule has 2 rings (SSSR count). The Morgan fingerprint density at radius 3 is 2.31 bits per heavy atom. The maximum Gasteiger partial charge on any atom is 0.139 e. The molecule has 2 fully saturated rings. The van der Waals surface area contributed by atoms with Gasteiger partial charge in [-0.1, -0.05) is 32.1 Å². The molecule has 0 heterocycles. The fourth-order valence-corrected chi connectivity index (χ4v) is 4.98. The Morgan fingerprint density at radius 2 is 2.00 bits per heavy atom. The van der Waals surface area contributed by atoms with Crippen LogP contribution in [0.4, 0.5) is 0 Å². The molecule has 0 N–H and O–H groups in total. The van der Waals surface area contributed by atoms with Gasteiger partial charge in [0, 0.05) is 19.9 Å². The summed E-state index contributed by atoms with van der Waals surface area (Å²) in [4.78, 5) is 11.5. The first kappa shape index (κ1) is 9.44. The van der Waals surface area contributed by atoms with Crippen molar-refractivity contribution in [2.24, 2.45) is 11.3 Å². The summed E-state index contributed by atoms with van der Waals surface area (Å²) in [6.45, 7) is 7.26.